The summed E-state index contributed by atoms with van der Waals surface area (Å²) in [4.78, 5) is 2.58. The molecule has 0 aromatic heterocycles. The van der Waals surface area contributed by atoms with Gasteiger partial charge < -0.3 is 4.90 Å². The minimum Gasteiger partial charge on any atom is -0.303 e. The Bertz CT molecular complexity index is 204. The summed E-state index contributed by atoms with van der Waals surface area (Å²) in [6.45, 7) is 10.7. The van der Waals surface area contributed by atoms with Gasteiger partial charge in [-0.15, -0.1) is 0 Å². The predicted molar refractivity (Wildman–Crippen MR) is 77.4 cm³/mol. The molecule has 17 heavy (non-hydrogen) atoms. The van der Waals surface area contributed by atoms with Crippen molar-refractivity contribution in [3.05, 3.63) is 0 Å². The van der Waals surface area contributed by atoms with Crippen LogP contribution in [0.4, 0.5) is 0 Å². The van der Waals surface area contributed by atoms with E-state index in [9.17, 15) is 0 Å². The summed E-state index contributed by atoms with van der Waals surface area (Å²) >= 11 is 0. The van der Waals surface area contributed by atoms with Crippen LogP contribution in [0.15, 0.2) is 0 Å². The van der Waals surface area contributed by atoms with Crippen LogP contribution in [0.1, 0.15) is 72.6 Å². The maximum absolute atomic E-state index is 2.58. The molecule has 1 heteroatoms. The first-order valence-corrected chi connectivity index (χ1v) is 7.76. The third-order valence-electron chi connectivity index (χ3n) is 5.22. The van der Waals surface area contributed by atoms with Crippen molar-refractivity contribution >= 4 is 0 Å². The molecule has 0 aromatic carbocycles. The molecule has 0 aliphatic heterocycles. The highest BCUT2D eigenvalue weighted by atomic mass is 15.1. The Labute approximate surface area is 109 Å². The van der Waals surface area contributed by atoms with Crippen molar-refractivity contribution in [2.24, 2.45) is 11.3 Å². The van der Waals surface area contributed by atoms with Crippen LogP contribution in [0.3, 0.4) is 0 Å². The molecule has 0 radical (unpaired) electrons. The summed E-state index contributed by atoms with van der Waals surface area (Å²) in [5.74, 6) is 1.02. The molecule has 1 nitrogen and oxygen atoms in total. The lowest BCUT2D eigenvalue weighted by molar-refractivity contribution is 0.194. The third kappa shape index (κ3) is 4.62. The molecule has 0 N–H and O–H groups in total. The Hall–Kier alpha value is -0.0400. The molecule has 1 saturated carbocycles. The fraction of sp³-hybridized carbons (Fsp3) is 1.00. The van der Waals surface area contributed by atoms with Crippen LogP contribution in [0.25, 0.3) is 0 Å². The van der Waals surface area contributed by atoms with Crippen molar-refractivity contribution < 1.29 is 0 Å². The van der Waals surface area contributed by atoms with E-state index < -0.39 is 0 Å². The Morgan fingerprint density at radius 3 is 2.18 bits per heavy atom. The van der Waals surface area contributed by atoms with Crippen LogP contribution in [-0.2, 0) is 0 Å². The SMILES string of the molecule is CCN(C)C(CCCC(C)(CC)CC)C1CC1. The van der Waals surface area contributed by atoms with Crippen LogP contribution in [0.5, 0.6) is 0 Å². The van der Waals surface area contributed by atoms with E-state index in [-0.39, 0.29) is 0 Å². The fourth-order valence-electron chi connectivity index (χ4n) is 2.87. The molecule has 1 aliphatic rings. The molecule has 1 aliphatic carbocycles. The Morgan fingerprint density at radius 2 is 1.76 bits per heavy atom. The average Bonchev–Trinajstić information content (AvgIpc) is 3.17. The first-order valence-electron chi connectivity index (χ1n) is 7.76. The number of rotatable bonds is 9. The van der Waals surface area contributed by atoms with Gasteiger partial charge in [-0.25, -0.2) is 0 Å². The highest BCUT2D eigenvalue weighted by Crippen LogP contribution is 2.38. The van der Waals surface area contributed by atoms with Gasteiger partial charge in [0.05, 0.1) is 0 Å². The van der Waals surface area contributed by atoms with Gasteiger partial charge in [-0.3, -0.25) is 0 Å². The van der Waals surface area contributed by atoms with Crippen LogP contribution >= 0.6 is 0 Å². The normalized spacial score (nSPS) is 18.7. The van der Waals surface area contributed by atoms with Crippen LogP contribution in [0.2, 0.25) is 0 Å². The van der Waals surface area contributed by atoms with E-state index in [0.29, 0.717) is 5.41 Å². The summed E-state index contributed by atoms with van der Waals surface area (Å²) in [6, 6.07) is 0.873. The maximum Gasteiger partial charge on any atom is 0.0120 e. The van der Waals surface area contributed by atoms with Crippen molar-refractivity contribution in [1.29, 1.82) is 0 Å². The first kappa shape index (κ1) is 15.0. The van der Waals surface area contributed by atoms with Crippen molar-refractivity contribution in [2.45, 2.75) is 78.7 Å². The highest BCUT2D eigenvalue weighted by molar-refractivity contribution is 4.87. The smallest absolute Gasteiger partial charge is 0.0120 e. The van der Waals surface area contributed by atoms with E-state index in [4.69, 9.17) is 0 Å². The second kappa shape index (κ2) is 6.78. The molecule has 0 amide bonds. The maximum atomic E-state index is 2.58. The largest absolute Gasteiger partial charge is 0.303 e. The van der Waals surface area contributed by atoms with Gasteiger partial charge in [0.15, 0.2) is 0 Å². The van der Waals surface area contributed by atoms with Gasteiger partial charge in [-0.1, -0.05) is 47.0 Å². The molecule has 0 aromatic rings. The summed E-state index contributed by atoms with van der Waals surface area (Å²) in [5.41, 5.74) is 0.596. The van der Waals surface area contributed by atoms with E-state index in [0.717, 1.165) is 12.0 Å². The number of hydrogen-bond acceptors (Lipinski definition) is 1. The Balaban J connectivity index is 2.32. The van der Waals surface area contributed by atoms with Gasteiger partial charge in [0.2, 0.25) is 0 Å². The monoisotopic (exact) mass is 239 g/mol. The summed E-state index contributed by atoms with van der Waals surface area (Å²) in [6.07, 6.45) is 9.89. The standard InChI is InChI=1S/C16H33N/c1-6-16(4,7-2)13-9-10-15(14-11-12-14)17(5)8-3/h14-15H,6-13H2,1-5H3. The molecule has 0 spiro atoms. The van der Waals surface area contributed by atoms with E-state index in [1.165, 1.54) is 51.5 Å². The molecule has 0 saturated heterocycles. The molecule has 1 unspecified atom stereocenters. The molecule has 1 fully saturated rings. The zero-order chi connectivity index (χ0) is 12.9. The number of nitrogens with zero attached hydrogens (tertiary/aromatic N) is 1. The summed E-state index contributed by atoms with van der Waals surface area (Å²) < 4.78 is 0. The van der Waals surface area contributed by atoms with Crippen molar-refractivity contribution in [3.8, 4) is 0 Å². The summed E-state index contributed by atoms with van der Waals surface area (Å²) in [7, 11) is 2.31. The topological polar surface area (TPSA) is 3.24 Å². The number of hydrogen-bond donors (Lipinski definition) is 0. The van der Waals surface area contributed by atoms with Crippen molar-refractivity contribution in [3.63, 3.8) is 0 Å². The van der Waals surface area contributed by atoms with Gasteiger partial charge in [0.25, 0.3) is 0 Å². The molecular weight excluding hydrogens is 206 g/mol. The zero-order valence-electron chi connectivity index (χ0n) is 12.8. The van der Waals surface area contributed by atoms with E-state index in [1.54, 1.807) is 0 Å². The van der Waals surface area contributed by atoms with Crippen molar-refractivity contribution in [1.82, 2.24) is 4.90 Å². The van der Waals surface area contributed by atoms with Gasteiger partial charge in [-0.05, 0) is 50.6 Å². The van der Waals surface area contributed by atoms with Crippen LogP contribution in [0, 0.1) is 11.3 Å². The second-order valence-corrected chi connectivity index (χ2v) is 6.39. The first-order chi connectivity index (χ1) is 8.06. The second-order valence-electron chi connectivity index (χ2n) is 6.39. The highest BCUT2D eigenvalue weighted by Gasteiger charge is 2.33. The lowest BCUT2D eigenvalue weighted by Gasteiger charge is -2.30. The van der Waals surface area contributed by atoms with E-state index >= 15 is 0 Å². The Kier molecular flexibility index (Phi) is 5.99. The van der Waals surface area contributed by atoms with E-state index in [1.807, 2.05) is 0 Å². The van der Waals surface area contributed by atoms with Gasteiger partial charge in [-0.2, -0.15) is 0 Å². The molecule has 0 bridgehead atoms. The molecule has 0 heterocycles. The molecular formula is C16H33N. The van der Waals surface area contributed by atoms with Gasteiger partial charge in [0, 0.05) is 6.04 Å². The van der Waals surface area contributed by atoms with Gasteiger partial charge >= 0.3 is 0 Å². The zero-order valence-corrected chi connectivity index (χ0v) is 12.8. The fourth-order valence-corrected chi connectivity index (χ4v) is 2.87. The van der Waals surface area contributed by atoms with Crippen LogP contribution < -0.4 is 0 Å². The van der Waals surface area contributed by atoms with Crippen molar-refractivity contribution in [2.75, 3.05) is 13.6 Å². The Morgan fingerprint density at radius 1 is 1.18 bits per heavy atom. The predicted octanol–water partition coefficient (Wildman–Crippen LogP) is 4.71. The lowest BCUT2D eigenvalue weighted by Crippen LogP contribution is -2.33. The lowest BCUT2D eigenvalue weighted by atomic mass is 9.79. The molecule has 102 valence electrons. The minimum absolute atomic E-state index is 0.596. The summed E-state index contributed by atoms with van der Waals surface area (Å²) in [5, 5.41) is 0. The third-order valence-corrected chi connectivity index (χ3v) is 5.22. The minimum atomic E-state index is 0.596. The van der Waals surface area contributed by atoms with Crippen LogP contribution in [-0.4, -0.2) is 24.5 Å². The van der Waals surface area contributed by atoms with E-state index in [2.05, 4.69) is 39.6 Å². The average molecular weight is 239 g/mol. The molecule has 1 atom stereocenters. The quantitative estimate of drug-likeness (QED) is 0.563. The molecule has 1 rings (SSSR count). The van der Waals surface area contributed by atoms with Gasteiger partial charge in [0.1, 0.15) is 0 Å².